The van der Waals surface area contributed by atoms with Crippen molar-refractivity contribution in [2.45, 2.75) is 11.1 Å². The fraction of sp³-hybridized carbons (Fsp3) is 0.222. The van der Waals surface area contributed by atoms with Crippen molar-refractivity contribution in [3.8, 4) is 6.07 Å². The molecule has 74 valence electrons. The van der Waals surface area contributed by atoms with E-state index in [1.807, 2.05) is 6.07 Å². The highest BCUT2D eigenvalue weighted by atomic mass is 32.2. The van der Waals surface area contributed by atoms with Gasteiger partial charge in [-0.05, 0) is 24.3 Å². The first-order valence-corrected chi connectivity index (χ1v) is 4.69. The van der Waals surface area contributed by atoms with E-state index >= 15 is 0 Å². The van der Waals surface area contributed by atoms with Gasteiger partial charge in [-0.3, -0.25) is 0 Å². The molecule has 0 N–H and O–H groups in total. The Bertz CT molecular complexity index is 337. The Hall–Kier alpha value is -1.15. The zero-order chi connectivity index (χ0) is 10.6. The number of benzene rings is 1. The zero-order valence-corrected chi connectivity index (χ0v) is 7.82. The van der Waals surface area contributed by atoms with Gasteiger partial charge in [0.1, 0.15) is 0 Å². The molecule has 0 atom stereocenters. The monoisotopic (exact) mass is 217 g/mol. The van der Waals surface area contributed by atoms with E-state index in [1.165, 1.54) is 24.3 Å². The fourth-order valence-electron chi connectivity index (χ4n) is 0.791. The summed E-state index contributed by atoms with van der Waals surface area (Å²) < 4.78 is 35.4. The minimum Gasteiger partial charge on any atom is -0.192 e. The van der Waals surface area contributed by atoms with E-state index in [0.717, 1.165) is 0 Å². The van der Waals surface area contributed by atoms with E-state index in [-0.39, 0.29) is 0 Å². The largest absolute Gasteiger partial charge is 0.398 e. The molecule has 0 saturated carbocycles. The molecule has 0 unspecified atom stereocenters. The third kappa shape index (κ3) is 3.71. The number of halogens is 3. The Morgan fingerprint density at radius 1 is 1.21 bits per heavy atom. The quantitative estimate of drug-likeness (QED) is 0.710. The Morgan fingerprint density at radius 2 is 1.79 bits per heavy atom. The summed E-state index contributed by atoms with van der Waals surface area (Å²) in [6.45, 7) is 0. The lowest BCUT2D eigenvalue weighted by atomic mass is 10.2. The molecule has 0 bridgehead atoms. The molecule has 0 spiro atoms. The molecule has 1 aromatic rings. The van der Waals surface area contributed by atoms with Crippen LogP contribution in [0.3, 0.4) is 0 Å². The van der Waals surface area contributed by atoms with E-state index in [2.05, 4.69) is 0 Å². The van der Waals surface area contributed by atoms with Crippen LogP contribution in [0.2, 0.25) is 0 Å². The van der Waals surface area contributed by atoms with Crippen LogP contribution >= 0.6 is 11.8 Å². The zero-order valence-electron chi connectivity index (χ0n) is 7.01. The van der Waals surface area contributed by atoms with Crippen molar-refractivity contribution in [2.24, 2.45) is 0 Å². The Balaban J connectivity index is 2.58. The molecule has 0 fully saturated rings. The lowest BCUT2D eigenvalue weighted by Crippen LogP contribution is -2.10. The molecular weight excluding hydrogens is 211 g/mol. The average molecular weight is 217 g/mol. The number of thioether (sulfide) groups is 1. The molecule has 0 aromatic heterocycles. The van der Waals surface area contributed by atoms with Crippen LogP contribution in [0, 0.1) is 11.3 Å². The molecule has 5 heteroatoms. The number of alkyl halides is 3. The smallest absolute Gasteiger partial charge is 0.192 e. The lowest BCUT2D eigenvalue weighted by molar-refractivity contribution is -0.105. The van der Waals surface area contributed by atoms with Gasteiger partial charge in [-0.1, -0.05) is 0 Å². The Labute approximate surface area is 83.5 Å². The predicted molar refractivity (Wildman–Crippen MR) is 47.9 cm³/mol. The summed E-state index contributed by atoms with van der Waals surface area (Å²) in [5.74, 6) is -0.904. The molecule has 1 aromatic carbocycles. The number of hydrogen-bond acceptors (Lipinski definition) is 2. The van der Waals surface area contributed by atoms with Crippen LogP contribution in [0.4, 0.5) is 13.2 Å². The molecule has 0 aliphatic rings. The molecule has 1 rings (SSSR count). The van der Waals surface area contributed by atoms with Crippen LogP contribution in [0.1, 0.15) is 5.56 Å². The van der Waals surface area contributed by atoms with E-state index in [1.54, 1.807) is 0 Å². The highest BCUT2D eigenvalue weighted by Gasteiger charge is 2.27. The van der Waals surface area contributed by atoms with Gasteiger partial charge in [-0.15, -0.1) is 11.8 Å². The summed E-state index contributed by atoms with van der Waals surface area (Å²) in [7, 11) is 0. The van der Waals surface area contributed by atoms with Gasteiger partial charge in [0.25, 0.3) is 0 Å². The first-order valence-electron chi connectivity index (χ1n) is 3.71. The maximum atomic E-state index is 11.8. The van der Waals surface area contributed by atoms with Crippen molar-refractivity contribution >= 4 is 11.8 Å². The van der Waals surface area contributed by atoms with Gasteiger partial charge in [0.05, 0.1) is 17.4 Å². The summed E-state index contributed by atoms with van der Waals surface area (Å²) in [6.07, 6.45) is -4.15. The molecule has 0 aliphatic carbocycles. The SMILES string of the molecule is N#Cc1ccc(SCC(F)(F)F)cc1. The summed E-state index contributed by atoms with van der Waals surface area (Å²) >= 11 is 0.712. The van der Waals surface area contributed by atoms with Crippen LogP contribution in [-0.2, 0) is 0 Å². The summed E-state index contributed by atoms with van der Waals surface area (Å²) in [4.78, 5) is 0.515. The van der Waals surface area contributed by atoms with Crippen LogP contribution in [-0.4, -0.2) is 11.9 Å². The molecule has 0 heterocycles. The van der Waals surface area contributed by atoms with Gasteiger partial charge in [0.15, 0.2) is 0 Å². The van der Waals surface area contributed by atoms with E-state index < -0.39 is 11.9 Å². The lowest BCUT2D eigenvalue weighted by Gasteiger charge is -2.05. The van der Waals surface area contributed by atoms with Crippen molar-refractivity contribution in [3.63, 3.8) is 0 Å². The van der Waals surface area contributed by atoms with E-state index in [0.29, 0.717) is 22.2 Å². The average Bonchev–Trinajstić information content (AvgIpc) is 2.14. The summed E-state index contributed by atoms with van der Waals surface area (Å²) in [6, 6.07) is 7.91. The topological polar surface area (TPSA) is 23.8 Å². The van der Waals surface area contributed by atoms with Crippen molar-refractivity contribution < 1.29 is 13.2 Å². The van der Waals surface area contributed by atoms with Crippen molar-refractivity contribution in [1.29, 1.82) is 5.26 Å². The molecule has 0 aliphatic heterocycles. The van der Waals surface area contributed by atoms with Gasteiger partial charge < -0.3 is 0 Å². The van der Waals surface area contributed by atoms with Gasteiger partial charge in [-0.25, -0.2) is 0 Å². The molecule has 0 saturated heterocycles. The predicted octanol–water partition coefficient (Wildman–Crippen LogP) is 3.21. The fourth-order valence-corrected chi connectivity index (χ4v) is 1.45. The standard InChI is InChI=1S/C9H6F3NS/c10-9(11,12)6-14-8-3-1-7(5-13)2-4-8/h1-4H,6H2. The van der Waals surface area contributed by atoms with Gasteiger partial charge in [0, 0.05) is 4.90 Å². The maximum Gasteiger partial charge on any atom is 0.398 e. The van der Waals surface area contributed by atoms with E-state index in [4.69, 9.17) is 5.26 Å². The molecule has 14 heavy (non-hydrogen) atoms. The van der Waals surface area contributed by atoms with Crippen LogP contribution in [0.15, 0.2) is 29.2 Å². The maximum absolute atomic E-state index is 11.8. The summed E-state index contributed by atoms with van der Waals surface area (Å²) in [5, 5.41) is 8.45. The minimum absolute atomic E-state index is 0.446. The molecule has 1 nitrogen and oxygen atoms in total. The summed E-state index contributed by atoms with van der Waals surface area (Å²) in [5.41, 5.74) is 0.446. The van der Waals surface area contributed by atoms with Crippen molar-refractivity contribution in [2.75, 3.05) is 5.75 Å². The molecular formula is C9H6F3NS. The van der Waals surface area contributed by atoms with Crippen LogP contribution < -0.4 is 0 Å². The van der Waals surface area contributed by atoms with Gasteiger partial charge in [0.2, 0.25) is 0 Å². The second-order valence-corrected chi connectivity index (χ2v) is 3.59. The van der Waals surface area contributed by atoms with Crippen LogP contribution in [0.25, 0.3) is 0 Å². The molecule has 0 radical (unpaired) electrons. The Morgan fingerprint density at radius 3 is 2.21 bits per heavy atom. The third-order valence-corrected chi connectivity index (χ3v) is 2.46. The highest BCUT2D eigenvalue weighted by molar-refractivity contribution is 7.99. The van der Waals surface area contributed by atoms with Gasteiger partial charge in [-0.2, -0.15) is 18.4 Å². The second-order valence-electron chi connectivity index (χ2n) is 2.54. The second kappa shape index (κ2) is 4.38. The molecule has 0 amide bonds. The third-order valence-electron chi connectivity index (χ3n) is 1.39. The number of nitrogens with zero attached hydrogens (tertiary/aromatic N) is 1. The first kappa shape index (κ1) is 10.9. The normalized spacial score (nSPS) is 11.0. The Kier molecular flexibility index (Phi) is 3.42. The highest BCUT2D eigenvalue weighted by Crippen LogP contribution is 2.27. The first-order chi connectivity index (χ1) is 6.51. The minimum atomic E-state index is -4.15. The van der Waals surface area contributed by atoms with Crippen molar-refractivity contribution in [1.82, 2.24) is 0 Å². The number of nitriles is 1. The number of hydrogen-bond donors (Lipinski definition) is 0. The number of rotatable bonds is 2. The van der Waals surface area contributed by atoms with Gasteiger partial charge >= 0.3 is 6.18 Å². The van der Waals surface area contributed by atoms with E-state index in [9.17, 15) is 13.2 Å². The van der Waals surface area contributed by atoms with Crippen molar-refractivity contribution in [3.05, 3.63) is 29.8 Å². The van der Waals surface area contributed by atoms with Crippen LogP contribution in [0.5, 0.6) is 0 Å².